The smallest absolute Gasteiger partial charge is 0.248 e. The monoisotopic (exact) mass is 251 g/mol. The highest BCUT2D eigenvalue weighted by molar-refractivity contribution is 5.76. The summed E-state index contributed by atoms with van der Waals surface area (Å²) in [5.74, 6) is 1.26. The topological polar surface area (TPSA) is 59.0 Å². The average Bonchev–Trinajstić information content (AvgIpc) is 2.43. The number of carbonyl (C=O) groups excluding carboxylic acids is 1. The molecule has 0 aromatic heterocycles. The standard InChI is InChI=1S/C13H17NO4/c1-14(13(16)9-15)5-4-10-2-3-11-12(8-10)18-7-6-17-11/h2-3,8,15H,4-7,9H2,1H3. The fraction of sp³-hybridized carbons (Fsp3) is 0.462. The van der Waals surface area contributed by atoms with Crippen LogP contribution in [0.25, 0.3) is 0 Å². The molecule has 5 nitrogen and oxygen atoms in total. The van der Waals surface area contributed by atoms with Crippen molar-refractivity contribution in [2.24, 2.45) is 0 Å². The fourth-order valence-corrected chi connectivity index (χ4v) is 1.79. The van der Waals surface area contributed by atoms with E-state index >= 15 is 0 Å². The zero-order valence-electron chi connectivity index (χ0n) is 10.4. The first-order chi connectivity index (χ1) is 8.70. The average molecular weight is 251 g/mol. The van der Waals surface area contributed by atoms with E-state index in [4.69, 9.17) is 14.6 Å². The summed E-state index contributed by atoms with van der Waals surface area (Å²) >= 11 is 0. The molecule has 0 aliphatic carbocycles. The van der Waals surface area contributed by atoms with Crippen LogP contribution in [0.3, 0.4) is 0 Å². The Bertz CT molecular complexity index is 433. The number of aliphatic hydroxyl groups excluding tert-OH is 1. The molecule has 0 atom stereocenters. The highest BCUT2D eigenvalue weighted by Gasteiger charge is 2.12. The lowest BCUT2D eigenvalue weighted by Gasteiger charge is -2.20. The van der Waals surface area contributed by atoms with E-state index in [1.165, 1.54) is 4.90 Å². The predicted octanol–water partition coefficient (Wildman–Crippen LogP) is 0.451. The maximum Gasteiger partial charge on any atom is 0.248 e. The minimum atomic E-state index is -0.447. The van der Waals surface area contributed by atoms with Gasteiger partial charge in [-0.2, -0.15) is 0 Å². The van der Waals surface area contributed by atoms with Gasteiger partial charge in [-0.15, -0.1) is 0 Å². The minimum absolute atomic E-state index is 0.271. The molecule has 0 saturated heterocycles. The molecule has 1 heterocycles. The number of likely N-dealkylation sites (N-methyl/N-ethyl adjacent to an activating group) is 1. The van der Waals surface area contributed by atoms with Crippen molar-refractivity contribution in [2.75, 3.05) is 33.4 Å². The maximum atomic E-state index is 11.2. The van der Waals surface area contributed by atoms with Crippen LogP contribution >= 0.6 is 0 Å². The van der Waals surface area contributed by atoms with E-state index in [1.807, 2.05) is 18.2 Å². The van der Waals surface area contributed by atoms with Crippen molar-refractivity contribution in [2.45, 2.75) is 6.42 Å². The molecule has 1 aliphatic heterocycles. The number of fused-ring (bicyclic) bond motifs is 1. The zero-order chi connectivity index (χ0) is 13.0. The van der Waals surface area contributed by atoms with Crippen molar-refractivity contribution in [3.63, 3.8) is 0 Å². The van der Waals surface area contributed by atoms with Crippen LogP contribution in [-0.4, -0.2) is 49.3 Å². The molecular formula is C13H17NO4. The van der Waals surface area contributed by atoms with Crippen molar-refractivity contribution in [3.8, 4) is 11.5 Å². The van der Waals surface area contributed by atoms with Crippen LogP contribution in [0.5, 0.6) is 11.5 Å². The second-order valence-corrected chi connectivity index (χ2v) is 4.20. The van der Waals surface area contributed by atoms with Gasteiger partial charge in [-0.1, -0.05) is 6.07 Å². The van der Waals surface area contributed by atoms with Crippen LogP contribution in [0.2, 0.25) is 0 Å². The molecule has 1 aromatic carbocycles. The van der Waals surface area contributed by atoms with Crippen LogP contribution < -0.4 is 9.47 Å². The maximum absolute atomic E-state index is 11.2. The molecule has 1 aliphatic rings. The Kier molecular flexibility index (Phi) is 4.04. The Balaban J connectivity index is 1.96. The first-order valence-electron chi connectivity index (χ1n) is 5.94. The molecule has 0 saturated carbocycles. The summed E-state index contributed by atoms with van der Waals surface area (Å²) in [4.78, 5) is 12.7. The van der Waals surface area contributed by atoms with E-state index in [0.717, 1.165) is 23.5 Å². The molecule has 18 heavy (non-hydrogen) atoms. The highest BCUT2D eigenvalue weighted by Crippen LogP contribution is 2.30. The van der Waals surface area contributed by atoms with Crippen molar-refractivity contribution in [3.05, 3.63) is 23.8 Å². The second-order valence-electron chi connectivity index (χ2n) is 4.20. The van der Waals surface area contributed by atoms with Crippen molar-refractivity contribution >= 4 is 5.91 Å². The van der Waals surface area contributed by atoms with E-state index in [9.17, 15) is 4.79 Å². The molecule has 0 fully saturated rings. The number of hydrogen-bond acceptors (Lipinski definition) is 4. The van der Waals surface area contributed by atoms with Gasteiger partial charge in [0.1, 0.15) is 19.8 Å². The molecule has 0 spiro atoms. The van der Waals surface area contributed by atoms with E-state index < -0.39 is 6.61 Å². The van der Waals surface area contributed by atoms with Gasteiger partial charge in [-0.25, -0.2) is 0 Å². The molecule has 0 unspecified atom stereocenters. The van der Waals surface area contributed by atoms with Crippen LogP contribution in [0.15, 0.2) is 18.2 Å². The minimum Gasteiger partial charge on any atom is -0.486 e. The van der Waals surface area contributed by atoms with Gasteiger partial charge in [-0.3, -0.25) is 4.79 Å². The molecular weight excluding hydrogens is 234 g/mol. The number of hydrogen-bond donors (Lipinski definition) is 1. The van der Waals surface area contributed by atoms with Gasteiger partial charge in [0.2, 0.25) is 5.91 Å². The third-order valence-electron chi connectivity index (χ3n) is 2.90. The fourth-order valence-electron chi connectivity index (χ4n) is 1.79. The zero-order valence-corrected chi connectivity index (χ0v) is 10.4. The van der Waals surface area contributed by atoms with Crippen LogP contribution in [-0.2, 0) is 11.2 Å². The van der Waals surface area contributed by atoms with Crippen molar-refractivity contribution < 1.29 is 19.4 Å². The highest BCUT2D eigenvalue weighted by atomic mass is 16.6. The number of benzene rings is 1. The van der Waals surface area contributed by atoms with Gasteiger partial charge < -0.3 is 19.5 Å². The van der Waals surface area contributed by atoms with Gasteiger partial charge in [0.05, 0.1) is 0 Å². The molecule has 1 N–H and O–H groups in total. The van der Waals surface area contributed by atoms with Gasteiger partial charge in [0.15, 0.2) is 11.5 Å². The summed E-state index contributed by atoms with van der Waals surface area (Å²) in [6.45, 7) is 1.27. The third-order valence-corrected chi connectivity index (χ3v) is 2.90. The van der Waals surface area contributed by atoms with E-state index in [2.05, 4.69) is 0 Å². The van der Waals surface area contributed by atoms with Crippen LogP contribution in [0.1, 0.15) is 5.56 Å². The predicted molar refractivity (Wildman–Crippen MR) is 65.9 cm³/mol. The van der Waals surface area contributed by atoms with Crippen molar-refractivity contribution in [1.82, 2.24) is 4.90 Å². The number of ether oxygens (including phenoxy) is 2. The van der Waals surface area contributed by atoms with Crippen molar-refractivity contribution in [1.29, 1.82) is 0 Å². The summed E-state index contributed by atoms with van der Waals surface area (Å²) in [5, 5.41) is 8.73. The number of rotatable bonds is 4. The van der Waals surface area contributed by atoms with Gasteiger partial charge in [0, 0.05) is 13.6 Å². The van der Waals surface area contributed by atoms with E-state index in [0.29, 0.717) is 19.8 Å². The number of aliphatic hydroxyl groups is 1. The Hall–Kier alpha value is -1.75. The van der Waals surface area contributed by atoms with E-state index in [1.54, 1.807) is 7.05 Å². The number of nitrogens with zero attached hydrogens (tertiary/aromatic N) is 1. The van der Waals surface area contributed by atoms with Crippen LogP contribution in [0, 0.1) is 0 Å². The number of carbonyl (C=O) groups is 1. The summed E-state index contributed by atoms with van der Waals surface area (Å²) in [6.07, 6.45) is 0.721. The first kappa shape index (κ1) is 12.7. The molecule has 0 radical (unpaired) electrons. The Labute approximate surface area is 106 Å². The second kappa shape index (κ2) is 5.73. The summed E-state index contributed by atoms with van der Waals surface area (Å²) in [5.41, 5.74) is 1.08. The van der Waals surface area contributed by atoms with Gasteiger partial charge in [-0.05, 0) is 24.1 Å². The Morgan fingerprint density at radius 2 is 2.06 bits per heavy atom. The number of amides is 1. The Morgan fingerprint density at radius 1 is 1.33 bits per heavy atom. The summed E-state index contributed by atoms with van der Waals surface area (Å²) in [6, 6.07) is 5.79. The third kappa shape index (κ3) is 2.92. The van der Waals surface area contributed by atoms with E-state index in [-0.39, 0.29) is 5.91 Å². The first-order valence-corrected chi connectivity index (χ1v) is 5.94. The SMILES string of the molecule is CN(CCc1ccc2c(c1)OCCO2)C(=O)CO. The molecule has 1 amide bonds. The lowest BCUT2D eigenvalue weighted by Crippen LogP contribution is -2.31. The molecule has 98 valence electrons. The Morgan fingerprint density at radius 3 is 2.78 bits per heavy atom. The lowest BCUT2D eigenvalue weighted by molar-refractivity contribution is -0.132. The molecule has 2 rings (SSSR count). The molecule has 5 heteroatoms. The normalized spacial score (nSPS) is 13.2. The summed E-state index contributed by atoms with van der Waals surface area (Å²) < 4.78 is 10.9. The lowest BCUT2D eigenvalue weighted by atomic mass is 10.1. The summed E-state index contributed by atoms with van der Waals surface area (Å²) in [7, 11) is 1.68. The molecule has 0 bridgehead atoms. The van der Waals surface area contributed by atoms with Gasteiger partial charge in [0.25, 0.3) is 0 Å². The van der Waals surface area contributed by atoms with Crippen LogP contribution in [0.4, 0.5) is 0 Å². The van der Waals surface area contributed by atoms with Gasteiger partial charge >= 0.3 is 0 Å². The largest absolute Gasteiger partial charge is 0.486 e. The quantitative estimate of drug-likeness (QED) is 0.844. The molecule has 1 aromatic rings.